The minimum atomic E-state index is -0.0820. The fourth-order valence-electron chi connectivity index (χ4n) is 4.34. The van der Waals surface area contributed by atoms with Crippen LogP contribution in [0.1, 0.15) is 24.8 Å². The Labute approximate surface area is 181 Å². The summed E-state index contributed by atoms with van der Waals surface area (Å²) in [5, 5.41) is 3.50. The van der Waals surface area contributed by atoms with Gasteiger partial charge in [0, 0.05) is 59.4 Å². The number of carbonyl (C=O) groups is 1. The monoisotopic (exact) mass is 415 g/mol. The highest BCUT2D eigenvalue weighted by atomic mass is 16.5. The maximum atomic E-state index is 11.7. The lowest BCUT2D eigenvalue weighted by Crippen LogP contribution is -2.48. The summed E-state index contributed by atoms with van der Waals surface area (Å²) in [5.74, 6) is 0.900. The number of aliphatic imine (C=N–C) groups is 1. The molecule has 0 aliphatic carbocycles. The molecule has 30 heavy (non-hydrogen) atoms. The van der Waals surface area contributed by atoms with E-state index in [9.17, 15) is 4.79 Å². The molecule has 0 bridgehead atoms. The van der Waals surface area contributed by atoms with Gasteiger partial charge in [0.1, 0.15) is 0 Å². The van der Waals surface area contributed by atoms with E-state index in [-0.39, 0.29) is 11.9 Å². The summed E-state index contributed by atoms with van der Waals surface area (Å²) in [7, 11) is 3.30. The van der Waals surface area contributed by atoms with Crippen LogP contribution in [0.2, 0.25) is 0 Å². The van der Waals surface area contributed by atoms with E-state index >= 15 is 0 Å². The molecule has 1 aromatic rings. The number of benzene rings is 1. The van der Waals surface area contributed by atoms with Crippen molar-refractivity contribution in [3.8, 4) is 0 Å². The third-order valence-electron chi connectivity index (χ3n) is 6.19. The molecule has 2 fully saturated rings. The van der Waals surface area contributed by atoms with Crippen molar-refractivity contribution in [1.29, 1.82) is 0 Å². The summed E-state index contributed by atoms with van der Waals surface area (Å²) in [6.07, 6.45) is 2.78. The molecule has 166 valence electrons. The average Bonchev–Trinajstić information content (AvgIpc) is 2.80. The molecule has 0 amide bonds. The quantitative estimate of drug-likeness (QED) is 0.316. The van der Waals surface area contributed by atoms with Crippen LogP contribution in [0.15, 0.2) is 35.3 Å². The largest absolute Gasteiger partial charge is 0.469 e. The average molecular weight is 416 g/mol. The predicted molar refractivity (Wildman–Crippen MR) is 120 cm³/mol. The molecule has 7 heteroatoms. The molecule has 2 heterocycles. The van der Waals surface area contributed by atoms with Crippen molar-refractivity contribution in [1.82, 2.24) is 20.0 Å². The summed E-state index contributed by atoms with van der Waals surface area (Å²) >= 11 is 0. The third-order valence-corrected chi connectivity index (χ3v) is 6.19. The van der Waals surface area contributed by atoms with Crippen LogP contribution in [0.4, 0.5) is 0 Å². The van der Waals surface area contributed by atoms with Crippen LogP contribution in [0.3, 0.4) is 0 Å². The Kier molecular flexibility index (Phi) is 8.96. The molecule has 2 aliphatic heterocycles. The minimum absolute atomic E-state index is 0.0323. The number of ether oxygens (including phenoxy) is 1. The lowest BCUT2D eigenvalue weighted by atomic mass is 9.97. The van der Waals surface area contributed by atoms with Gasteiger partial charge in [-0.2, -0.15) is 0 Å². The number of hydrogen-bond donors (Lipinski definition) is 1. The molecule has 2 saturated heterocycles. The summed E-state index contributed by atoms with van der Waals surface area (Å²) in [4.78, 5) is 23.5. The fraction of sp³-hybridized carbons (Fsp3) is 0.652. The van der Waals surface area contributed by atoms with Crippen LogP contribution in [-0.2, 0) is 16.1 Å². The standard InChI is InChI=1S/C23H37N5O2/c1-24-23(28-13-9-21(10-14-28)22(29)30-2)25-11-6-12-26-15-17-27(18-16-26)19-20-7-4-3-5-8-20/h3-5,7-8,21H,6,9-19H2,1-2H3,(H,24,25). The number of hydrogen-bond acceptors (Lipinski definition) is 5. The Balaban J connectivity index is 1.29. The minimum Gasteiger partial charge on any atom is -0.469 e. The molecule has 0 unspecified atom stereocenters. The van der Waals surface area contributed by atoms with Crippen molar-refractivity contribution in [2.24, 2.45) is 10.9 Å². The van der Waals surface area contributed by atoms with E-state index in [1.54, 1.807) is 0 Å². The van der Waals surface area contributed by atoms with Crippen molar-refractivity contribution < 1.29 is 9.53 Å². The first-order valence-corrected chi connectivity index (χ1v) is 11.2. The van der Waals surface area contributed by atoms with Crippen molar-refractivity contribution >= 4 is 11.9 Å². The van der Waals surface area contributed by atoms with Crippen molar-refractivity contribution in [3.05, 3.63) is 35.9 Å². The number of nitrogens with zero attached hydrogens (tertiary/aromatic N) is 4. The van der Waals surface area contributed by atoms with E-state index < -0.39 is 0 Å². The van der Waals surface area contributed by atoms with Gasteiger partial charge in [-0.25, -0.2) is 0 Å². The van der Waals surface area contributed by atoms with E-state index in [1.165, 1.54) is 12.7 Å². The van der Waals surface area contributed by atoms with Gasteiger partial charge in [-0.3, -0.25) is 14.7 Å². The molecule has 0 atom stereocenters. The maximum absolute atomic E-state index is 11.7. The number of esters is 1. The number of piperazine rings is 1. The lowest BCUT2D eigenvalue weighted by molar-refractivity contribution is -0.146. The highest BCUT2D eigenvalue weighted by Gasteiger charge is 2.26. The molecule has 3 rings (SSSR count). The molecule has 0 radical (unpaired) electrons. The molecule has 1 aromatic carbocycles. The lowest BCUT2D eigenvalue weighted by Gasteiger charge is -2.35. The summed E-state index contributed by atoms with van der Waals surface area (Å²) in [6, 6.07) is 10.7. The Morgan fingerprint density at radius 2 is 1.73 bits per heavy atom. The number of guanidine groups is 1. The van der Waals surface area contributed by atoms with Crippen LogP contribution >= 0.6 is 0 Å². The highest BCUT2D eigenvalue weighted by molar-refractivity contribution is 5.80. The van der Waals surface area contributed by atoms with Crippen molar-refractivity contribution in [2.45, 2.75) is 25.8 Å². The Morgan fingerprint density at radius 1 is 1.07 bits per heavy atom. The number of likely N-dealkylation sites (tertiary alicyclic amines) is 1. The zero-order valence-corrected chi connectivity index (χ0v) is 18.6. The molecule has 7 nitrogen and oxygen atoms in total. The van der Waals surface area contributed by atoms with E-state index in [1.807, 2.05) is 7.05 Å². The first-order chi connectivity index (χ1) is 14.7. The van der Waals surface area contributed by atoms with Crippen molar-refractivity contribution in [3.63, 3.8) is 0 Å². The first-order valence-electron chi connectivity index (χ1n) is 11.2. The smallest absolute Gasteiger partial charge is 0.308 e. The SMILES string of the molecule is CN=C(NCCCN1CCN(Cc2ccccc2)CC1)N1CCC(C(=O)OC)CC1. The summed E-state index contributed by atoms with van der Waals surface area (Å²) in [6.45, 7) is 9.36. The van der Waals surface area contributed by atoms with Gasteiger partial charge < -0.3 is 19.9 Å². The van der Waals surface area contributed by atoms with Crippen molar-refractivity contribution in [2.75, 3.05) is 66.5 Å². The van der Waals surface area contributed by atoms with Gasteiger partial charge in [-0.1, -0.05) is 30.3 Å². The summed E-state index contributed by atoms with van der Waals surface area (Å²) < 4.78 is 4.87. The normalized spacial score (nSPS) is 19.7. The molecule has 0 aromatic heterocycles. The van der Waals surface area contributed by atoms with Crippen LogP contribution in [0, 0.1) is 5.92 Å². The molecular formula is C23H37N5O2. The van der Waals surface area contributed by atoms with Crippen LogP contribution < -0.4 is 5.32 Å². The van der Waals surface area contributed by atoms with E-state index in [0.717, 1.165) is 84.1 Å². The van der Waals surface area contributed by atoms with E-state index in [0.29, 0.717) is 0 Å². The van der Waals surface area contributed by atoms with Gasteiger partial charge in [-0.05, 0) is 31.4 Å². The maximum Gasteiger partial charge on any atom is 0.308 e. The second-order valence-electron chi connectivity index (χ2n) is 8.22. The van der Waals surface area contributed by atoms with E-state index in [2.05, 4.69) is 55.3 Å². The van der Waals surface area contributed by atoms with Gasteiger partial charge in [0.25, 0.3) is 0 Å². The molecule has 0 saturated carbocycles. The zero-order valence-electron chi connectivity index (χ0n) is 18.6. The molecule has 0 spiro atoms. The first kappa shape index (κ1) is 22.6. The van der Waals surface area contributed by atoms with Crippen LogP contribution in [-0.4, -0.2) is 93.1 Å². The molecular weight excluding hydrogens is 378 g/mol. The Hall–Kier alpha value is -2.12. The Bertz CT molecular complexity index is 665. The predicted octanol–water partition coefficient (Wildman–Crippen LogP) is 1.65. The van der Waals surface area contributed by atoms with Gasteiger partial charge in [0.15, 0.2) is 5.96 Å². The number of carbonyl (C=O) groups excluding carboxylic acids is 1. The van der Waals surface area contributed by atoms with Crippen LogP contribution in [0.25, 0.3) is 0 Å². The number of methoxy groups -OCH3 is 1. The zero-order chi connectivity index (χ0) is 21.2. The van der Waals surface area contributed by atoms with Gasteiger partial charge in [-0.15, -0.1) is 0 Å². The third kappa shape index (κ3) is 6.71. The second-order valence-corrected chi connectivity index (χ2v) is 8.22. The van der Waals surface area contributed by atoms with Gasteiger partial charge in [0.2, 0.25) is 0 Å². The molecule has 2 aliphatic rings. The molecule has 1 N–H and O–H groups in total. The van der Waals surface area contributed by atoms with Crippen LogP contribution in [0.5, 0.6) is 0 Å². The highest BCUT2D eigenvalue weighted by Crippen LogP contribution is 2.18. The number of piperidine rings is 1. The number of nitrogens with one attached hydrogen (secondary N) is 1. The topological polar surface area (TPSA) is 60.4 Å². The van der Waals surface area contributed by atoms with E-state index in [4.69, 9.17) is 4.74 Å². The number of rotatable bonds is 7. The van der Waals surface area contributed by atoms with Gasteiger partial charge in [0.05, 0.1) is 13.0 Å². The fourth-order valence-corrected chi connectivity index (χ4v) is 4.34. The Morgan fingerprint density at radius 3 is 2.37 bits per heavy atom. The summed E-state index contributed by atoms with van der Waals surface area (Å²) in [5.41, 5.74) is 1.40. The van der Waals surface area contributed by atoms with Gasteiger partial charge >= 0.3 is 5.97 Å². The second kappa shape index (κ2) is 11.9.